The molecular formula is C22H20ClF4N3O2S. The van der Waals surface area contributed by atoms with Crippen LogP contribution >= 0.6 is 23.8 Å². The van der Waals surface area contributed by atoms with Gasteiger partial charge in [-0.05, 0) is 49.5 Å². The van der Waals surface area contributed by atoms with E-state index in [0.29, 0.717) is 12.2 Å². The second kappa shape index (κ2) is 10.1. The van der Waals surface area contributed by atoms with Crippen LogP contribution in [0.25, 0.3) is 0 Å². The summed E-state index contributed by atoms with van der Waals surface area (Å²) in [6, 6.07) is 7.27. The van der Waals surface area contributed by atoms with E-state index < -0.39 is 29.5 Å². The lowest BCUT2D eigenvalue weighted by Gasteiger charge is -2.38. The van der Waals surface area contributed by atoms with Crippen LogP contribution in [0, 0.1) is 5.82 Å². The molecule has 0 aliphatic carbocycles. The second-order valence-corrected chi connectivity index (χ2v) is 7.99. The number of hydrogen-bond acceptors (Lipinski definition) is 3. The number of ether oxygens (including phenoxy) is 1. The quantitative estimate of drug-likeness (QED) is 0.416. The molecule has 176 valence electrons. The lowest BCUT2D eigenvalue weighted by molar-refractivity contribution is -0.137. The zero-order valence-corrected chi connectivity index (χ0v) is 19.2. The van der Waals surface area contributed by atoms with Crippen LogP contribution < -0.4 is 10.6 Å². The van der Waals surface area contributed by atoms with Crippen LogP contribution in [0.5, 0.6) is 0 Å². The van der Waals surface area contributed by atoms with E-state index in [0.717, 1.165) is 12.1 Å². The Kier molecular flexibility index (Phi) is 7.61. The van der Waals surface area contributed by atoms with E-state index in [9.17, 15) is 22.4 Å². The van der Waals surface area contributed by atoms with Gasteiger partial charge in [0.1, 0.15) is 5.82 Å². The van der Waals surface area contributed by atoms with Crippen molar-refractivity contribution in [3.63, 3.8) is 0 Å². The van der Waals surface area contributed by atoms with E-state index in [1.807, 2.05) is 0 Å². The van der Waals surface area contributed by atoms with Crippen LogP contribution in [-0.4, -0.2) is 36.2 Å². The predicted octanol–water partition coefficient (Wildman–Crippen LogP) is 5.29. The van der Waals surface area contributed by atoms with Crippen LogP contribution in [0.3, 0.4) is 0 Å². The highest BCUT2D eigenvalue weighted by Gasteiger charge is 2.36. The number of nitrogens with one attached hydrogen (secondary N) is 2. The summed E-state index contributed by atoms with van der Waals surface area (Å²) in [4.78, 5) is 14.9. The molecule has 1 heterocycles. The van der Waals surface area contributed by atoms with Crippen molar-refractivity contribution >= 4 is 40.5 Å². The zero-order valence-electron chi connectivity index (χ0n) is 17.6. The molecule has 1 aliphatic heterocycles. The van der Waals surface area contributed by atoms with E-state index >= 15 is 0 Å². The number of amides is 1. The maximum atomic E-state index is 14.8. The molecule has 1 unspecified atom stereocenters. The third-order valence-corrected chi connectivity index (χ3v) is 5.76. The van der Waals surface area contributed by atoms with Gasteiger partial charge in [0.2, 0.25) is 0 Å². The van der Waals surface area contributed by atoms with Crippen molar-refractivity contribution in [2.24, 2.45) is 0 Å². The summed E-state index contributed by atoms with van der Waals surface area (Å²) in [7, 11) is 1.50. The van der Waals surface area contributed by atoms with Crippen LogP contribution in [0.15, 0.2) is 53.7 Å². The fourth-order valence-corrected chi connectivity index (χ4v) is 4.12. The number of halogens is 5. The molecule has 2 N–H and O–H groups in total. The van der Waals surface area contributed by atoms with Crippen molar-refractivity contribution in [1.29, 1.82) is 0 Å². The molecule has 3 rings (SSSR count). The summed E-state index contributed by atoms with van der Waals surface area (Å²) in [5.41, 5.74) is -0.523. The molecule has 2 aromatic carbocycles. The minimum Gasteiger partial charge on any atom is -0.383 e. The molecule has 0 spiro atoms. The van der Waals surface area contributed by atoms with Gasteiger partial charge >= 0.3 is 6.18 Å². The van der Waals surface area contributed by atoms with Crippen molar-refractivity contribution in [3.8, 4) is 0 Å². The number of thiocarbonyl (C=S) groups is 1. The van der Waals surface area contributed by atoms with Crippen molar-refractivity contribution in [1.82, 2.24) is 10.2 Å². The smallest absolute Gasteiger partial charge is 0.383 e. The largest absolute Gasteiger partial charge is 0.416 e. The third-order valence-electron chi connectivity index (χ3n) is 5.10. The lowest BCUT2D eigenvalue weighted by Crippen LogP contribution is -2.49. The van der Waals surface area contributed by atoms with E-state index in [-0.39, 0.29) is 33.6 Å². The Morgan fingerprint density at radius 3 is 2.61 bits per heavy atom. The molecule has 0 fully saturated rings. The van der Waals surface area contributed by atoms with Crippen molar-refractivity contribution in [2.75, 3.05) is 25.6 Å². The van der Waals surface area contributed by atoms with Gasteiger partial charge in [0.05, 0.1) is 23.8 Å². The Labute approximate surface area is 198 Å². The fourth-order valence-electron chi connectivity index (χ4n) is 3.50. The maximum Gasteiger partial charge on any atom is 0.416 e. The van der Waals surface area contributed by atoms with E-state index in [4.69, 9.17) is 28.6 Å². The first-order chi connectivity index (χ1) is 15.5. The molecule has 11 heteroatoms. The summed E-state index contributed by atoms with van der Waals surface area (Å²) in [5.74, 6) is -1.39. The molecule has 0 saturated carbocycles. The summed E-state index contributed by atoms with van der Waals surface area (Å²) >= 11 is 11.7. The van der Waals surface area contributed by atoms with Crippen molar-refractivity contribution in [3.05, 3.63) is 75.7 Å². The van der Waals surface area contributed by atoms with Crippen LogP contribution in [-0.2, 0) is 15.7 Å². The summed E-state index contributed by atoms with van der Waals surface area (Å²) < 4.78 is 59.1. The molecule has 0 radical (unpaired) electrons. The highest BCUT2D eigenvalue weighted by Crippen LogP contribution is 2.37. The third kappa shape index (κ3) is 5.45. The SMILES string of the molecule is COCCN1C(=S)NC(c2c(F)cccc2Cl)C(C(=O)Nc2cccc(C(F)(F)F)c2)=C1C. The number of alkyl halides is 3. The molecule has 1 amide bonds. The lowest BCUT2D eigenvalue weighted by atomic mass is 9.93. The highest BCUT2D eigenvalue weighted by molar-refractivity contribution is 7.80. The van der Waals surface area contributed by atoms with Gasteiger partial charge in [0.25, 0.3) is 5.91 Å². The average Bonchev–Trinajstić information content (AvgIpc) is 2.73. The Morgan fingerprint density at radius 1 is 1.27 bits per heavy atom. The molecule has 0 saturated heterocycles. The van der Waals surface area contributed by atoms with Crippen LogP contribution in [0.4, 0.5) is 23.2 Å². The molecule has 0 aromatic heterocycles. The monoisotopic (exact) mass is 501 g/mol. The Balaban J connectivity index is 2.06. The first-order valence-corrected chi connectivity index (χ1v) is 10.5. The number of anilines is 1. The van der Waals surface area contributed by atoms with Gasteiger partial charge in [-0.3, -0.25) is 4.79 Å². The number of carbonyl (C=O) groups is 1. The van der Waals surface area contributed by atoms with Gasteiger partial charge in [0.15, 0.2) is 5.11 Å². The molecule has 5 nitrogen and oxygen atoms in total. The van der Waals surface area contributed by atoms with E-state index in [1.54, 1.807) is 11.8 Å². The van der Waals surface area contributed by atoms with Gasteiger partial charge in [0, 0.05) is 35.6 Å². The number of methoxy groups -OCH3 is 1. The summed E-state index contributed by atoms with van der Waals surface area (Å²) in [6.07, 6.45) is -4.57. The minimum atomic E-state index is -4.57. The van der Waals surface area contributed by atoms with E-state index in [1.165, 1.54) is 37.4 Å². The first-order valence-electron chi connectivity index (χ1n) is 9.74. The average molecular weight is 502 g/mol. The normalized spacial score (nSPS) is 16.6. The molecule has 1 atom stereocenters. The van der Waals surface area contributed by atoms with Crippen molar-refractivity contribution in [2.45, 2.75) is 19.1 Å². The topological polar surface area (TPSA) is 53.6 Å². The molecule has 2 aromatic rings. The number of carbonyl (C=O) groups excluding carboxylic acids is 1. The highest BCUT2D eigenvalue weighted by atomic mass is 35.5. The van der Waals surface area contributed by atoms with Crippen LogP contribution in [0.1, 0.15) is 24.1 Å². The molecule has 33 heavy (non-hydrogen) atoms. The minimum absolute atomic E-state index is 0.00134. The van der Waals surface area contributed by atoms with Crippen LogP contribution in [0.2, 0.25) is 5.02 Å². The number of rotatable bonds is 6. The first kappa shape index (κ1) is 24.9. The predicted molar refractivity (Wildman–Crippen MR) is 121 cm³/mol. The van der Waals surface area contributed by atoms with Gasteiger partial charge in [-0.15, -0.1) is 0 Å². The summed E-state index contributed by atoms with van der Waals surface area (Å²) in [6.45, 7) is 2.20. The van der Waals surface area contributed by atoms with Crippen molar-refractivity contribution < 1.29 is 27.1 Å². The summed E-state index contributed by atoms with van der Waals surface area (Å²) in [5, 5.41) is 5.71. The van der Waals surface area contributed by atoms with Gasteiger partial charge in [-0.25, -0.2) is 4.39 Å². The van der Waals surface area contributed by atoms with Gasteiger partial charge in [-0.1, -0.05) is 23.7 Å². The Bertz CT molecular complexity index is 1090. The standard InChI is InChI=1S/C22H20ClF4N3O2S/c1-12-17(20(31)28-14-6-3-5-13(11-14)22(25,26)27)19(18-15(23)7-4-8-16(18)24)29-21(33)30(12)9-10-32-2/h3-8,11,19H,9-10H2,1-2H3,(H,28,31)(H,29,33). The molecule has 1 aliphatic rings. The molecule has 0 bridgehead atoms. The number of benzene rings is 2. The van der Waals surface area contributed by atoms with Gasteiger partial charge in [-0.2, -0.15) is 13.2 Å². The number of nitrogens with zero attached hydrogens (tertiary/aromatic N) is 1. The number of allylic oxidation sites excluding steroid dienone is 1. The number of hydrogen-bond donors (Lipinski definition) is 2. The van der Waals surface area contributed by atoms with E-state index in [2.05, 4.69) is 10.6 Å². The maximum absolute atomic E-state index is 14.8. The zero-order chi connectivity index (χ0) is 24.3. The fraction of sp³-hybridized carbons (Fsp3) is 0.273. The van der Waals surface area contributed by atoms with Gasteiger partial charge < -0.3 is 20.3 Å². The second-order valence-electron chi connectivity index (χ2n) is 7.19. The Morgan fingerprint density at radius 2 is 1.97 bits per heavy atom. The molecular weight excluding hydrogens is 482 g/mol. The Hall–Kier alpha value is -2.69.